The zero-order chi connectivity index (χ0) is 59.3. The average Bonchev–Trinajstić information content (AvgIpc) is 3.95. The van der Waals surface area contributed by atoms with Crippen LogP contribution in [-0.2, 0) is 47.9 Å². The molecule has 9 atom stereocenters. The van der Waals surface area contributed by atoms with Gasteiger partial charge in [0, 0.05) is 19.5 Å². The highest BCUT2D eigenvalue weighted by Crippen LogP contribution is 2.12. The van der Waals surface area contributed by atoms with E-state index in [9.17, 15) is 53.1 Å². The number of carbonyl (C=O) groups excluding carboxylic acids is 9. The van der Waals surface area contributed by atoms with Crippen LogP contribution in [0.2, 0.25) is 0 Å². The van der Waals surface area contributed by atoms with Crippen LogP contribution in [-0.4, -0.2) is 182 Å². The molecule has 450 valence electrons. The Balaban J connectivity index is 3.51. The minimum absolute atomic E-state index is 0.00445. The van der Waals surface area contributed by atoms with E-state index in [2.05, 4.69) is 57.8 Å². The predicted octanol–water partition coefficient (Wildman–Crippen LogP) is -5.77. The lowest BCUT2D eigenvalue weighted by atomic mass is 10.0. The standard InChI is InChI=1S/C48H91N19O11S/c1-28(38(69)67-36(46(77)78)17-11-26-59-48(55)56)60-40(71)35(20-27-79-2)66-43(74)32(14-5-8-23-51)62-44(75)33(16-10-25-58-47(53)54)64-41(72)31(13-4-7-22-50)63-45(76)34(18-19-37(52)68)65-42(73)30(12-3-6-21-49)61-39(70)29-15-9-24-57-29/h28-36,57H,3-27,49-51H2,1-2H3,(H2,52,68)(H,60,71)(H,61,70)(H,62,75)(H,63,76)(H,64,72)(H,65,73)(H,66,74)(H,67,69)(H,77,78)(H4,53,54,58)(H4,55,56,59)/t28-,29-,30-,31-,32-,33-,34-,35-,36-/m0/s1. The number of carboxylic acids is 1. The molecule has 0 saturated carbocycles. The SMILES string of the molecule is CSCC[C@H](NC(=O)[C@H](CCCCN)NC(=O)[C@H](CCCN=C(N)N)NC(=O)[C@H](CCCCN)NC(=O)[C@H](CCC(N)=O)NC(=O)[C@H](CCCCN)NC(=O)[C@@H]1CCCN1)C(=O)N[C@@H](C)C(=O)N[C@@H](CCCN=C(N)N)C(=O)O. The van der Waals surface area contributed by atoms with Gasteiger partial charge in [0.25, 0.3) is 0 Å². The van der Waals surface area contributed by atoms with E-state index in [0.717, 1.165) is 6.42 Å². The molecular formula is C48H91N19O11S. The first kappa shape index (κ1) is 70.4. The predicted molar refractivity (Wildman–Crippen MR) is 300 cm³/mol. The molecule has 30 nitrogen and oxygen atoms in total. The molecule has 1 fully saturated rings. The van der Waals surface area contributed by atoms with Crippen molar-refractivity contribution < 1.29 is 53.1 Å². The van der Waals surface area contributed by atoms with Gasteiger partial charge in [-0.1, -0.05) is 0 Å². The minimum atomic E-state index is -1.42. The van der Waals surface area contributed by atoms with Gasteiger partial charge in [0.1, 0.15) is 48.3 Å². The summed E-state index contributed by atoms with van der Waals surface area (Å²) in [6.07, 6.45) is 5.63. The third-order valence-electron chi connectivity index (χ3n) is 12.6. The number of hydrogen-bond donors (Lipinski definition) is 18. The van der Waals surface area contributed by atoms with Gasteiger partial charge >= 0.3 is 5.97 Å². The summed E-state index contributed by atoms with van der Waals surface area (Å²) in [5.74, 6) is -8.14. The maximum atomic E-state index is 14.4. The summed E-state index contributed by atoms with van der Waals surface area (Å²) >= 11 is 1.37. The fourth-order valence-corrected chi connectivity index (χ4v) is 8.57. The molecule has 79 heavy (non-hydrogen) atoms. The van der Waals surface area contributed by atoms with Crippen LogP contribution >= 0.6 is 11.8 Å². The summed E-state index contributed by atoms with van der Waals surface area (Å²) in [5, 5.41) is 33.8. The molecule has 1 rings (SSSR count). The van der Waals surface area contributed by atoms with Gasteiger partial charge in [-0.25, -0.2) is 4.79 Å². The van der Waals surface area contributed by atoms with Crippen LogP contribution < -0.4 is 93.7 Å². The normalized spacial score (nSPS) is 15.9. The molecule has 1 aliphatic rings. The summed E-state index contributed by atoms with van der Waals surface area (Å²) in [7, 11) is 0. The highest BCUT2D eigenvalue weighted by atomic mass is 32.2. The number of guanidine groups is 2. The Morgan fingerprint density at radius 1 is 0.506 bits per heavy atom. The van der Waals surface area contributed by atoms with Crippen LogP contribution in [0.5, 0.6) is 0 Å². The Labute approximate surface area is 466 Å². The Morgan fingerprint density at radius 3 is 1.24 bits per heavy atom. The summed E-state index contributed by atoms with van der Waals surface area (Å²) in [6, 6.07) is -10.8. The smallest absolute Gasteiger partial charge is 0.326 e. The van der Waals surface area contributed by atoms with E-state index >= 15 is 0 Å². The molecule has 1 heterocycles. The third kappa shape index (κ3) is 30.4. The van der Waals surface area contributed by atoms with E-state index < -0.39 is 114 Å². The number of amides is 9. The zero-order valence-electron chi connectivity index (χ0n) is 45.8. The summed E-state index contributed by atoms with van der Waals surface area (Å²) in [4.78, 5) is 143. The quantitative estimate of drug-likeness (QED) is 0.0154. The molecule has 0 radical (unpaired) electrons. The van der Waals surface area contributed by atoms with Crippen molar-refractivity contribution in [2.75, 3.05) is 51.3 Å². The Morgan fingerprint density at radius 2 is 0.873 bits per heavy atom. The second-order valence-electron chi connectivity index (χ2n) is 19.2. The number of carboxylic acid groups (broad SMARTS) is 1. The molecule has 0 aromatic carbocycles. The van der Waals surface area contributed by atoms with E-state index in [1.807, 2.05) is 0 Å². The number of aliphatic imine (C=N–C) groups is 2. The lowest BCUT2D eigenvalue weighted by molar-refractivity contribution is -0.142. The number of rotatable bonds is 43. The highest BCUT2D eigenvalue weighted by Gasteiger charge is 2.35. The van der Waals surface area contributed by atoms with Gasteiger partial charge in [0.05, 0.1) is 6.04 Å². The van der Waals surface area contributed by atoms with E-state index in [-0.39, 0.29) is 102 Å². The Bertz CT molecular complexity index is 2010. The number of nitrogens with zero attached hydrogens (tertiary/aromatic N) is 2. The van der Waals surface area contributed by atoms with E-state index in [0.29, 0.717) is 63.8 Å². The van der Waals surface area contributed by atoms with Crippen LogP contribution in [0.25, 0.3) is 0 Å². The highest BCUT2D eigenvalue weighted by molar-refractivity contribution is 7.98. The van der Waals surface area contributed by atoms with Gasteiger partial charge in [-0.2, -0.15) is 11.8 Å². The Hall–Kier alpha value is -6.57. The Kier molecular flexibility index (Phi) is 36.2. The molecule has 0 spiro atoms. The van der Waals surface area contributed by atoms with Crippen molar-refractivity contribution in [3.63, 3.8) is 0 Å². The lowest BCUT2D eigenvalue weighted by Gasteiger charge is -2.28. The van der Waals surface area contributed by atoms with Crippen molar-refractivity contribution in [1.29, 1.82) is 0 Å². The van der Waals surface area contributed by atoms with Crippen LogP contribution in [0.1, 0.15) is 122 Å². The zero-order valence-corrected chi connectivity index (χ0v) is 46.6. The van der Waals surface area contributed by atoms with Crippen molar-refractivity contribution in [3.8, 4) is 0 Å². The molecule has 9 amide bonds. The molecule has 26 N–H and O–H groups in total. The van der Waals surface area contributed by atoms with Crippen molar-refractivity contribution in [3.05, 3.63) is 0 Å². The number of nitrogens with two attached hydrogens (primary N) is 8. The van der Waals surface area contributed by atoms with Gasteiger partial charge < -0.3 is 98.8 Å². The molecule has 0 aliphatic carbocycles. The minimum Gasteiger partial charge on any atom is -0.480 e. The molecular weight excluding hydrogens is 1050 g/mol. The molecule has 1 aliphatic heterocycles. The van der Waals surface area contributed by atoms with Crippen molar-refractivity contribution in [1.82, 2.24) is 47.9 Å². The average molecular weight is 1140 g/mol. The topological polar surface area (TPSA) is 532 Å². The maximum absolute atomic E-state index is 14.4. The first-order valence-electron chi connectivity index (χ1n) is 27.0. The molecule has 0 bridgehead atoms. The third-order valence-corrected chi connectivity index (χ3v) is 13.2. The molecule has 1 saturated heterocycles. The monoisotopic (exact) mass is 1140 g/mol. The second kappa shape index (κ2) is 40.6. The molecule has 0 unspecified atom stereocenters. The fraction of sp³-hybridized carbons (Fsp3) is 0.750. The van der Waals surface area contributed by atoms with Gasteiger partial charge in [-0.15, -0.1) is 0 Å². The van der Waals surface area contributed by atoms with Crippen molar-refractivity contribution >= 4 is 82.8 Å². The van der Waals surface area contributed by atoms with Gasteiger partial charge in [0.15, 0.2) is 11.9 Å². The fourth-order valence-electron chi connectivity index (χ4n) is 8.10. The molecule has 0 aromatic rings. The van der Waals surface area contributed by atoms with E-state index in [1.54, 1.807) is 6.26 Å². The molecule has 0 aromatic heterocycles. The first-order valence-corrected chi connectivity index (χ1v) is 28.4. The largest absolute Gasteiger partial charge is 0.480 e. The van der Waals surface area contributed by atoms with Crippen molar-refractivity contribution in [2.45, 2.75) is 177 Å². The van der Waals surface area contributed by atoms with Gasteiger partial charge in [-0.05, 0) is 154 Å². The van der Waals surface area contributed by atoms with E-state index in [1.165, 1.54) is 18.7 Å². The number of unbranched alkanes of at least 4 members (excludes halogenated alkanes) is 3. The number of hydrogen-bond acceptors (Lipinski definition) is 17. The first-order chi connectivity index (χ1) is 37.6. The number of nitrogens with one attached hydrogen (secondary N) is 9. The maximum Gasteiger partial charge on any atom is 0.326 e. The van der Waals surface area contributed by atoms with E-state index in [4.69, 9.17) is 45.9 Å². The lowest BCUT2D eigenvalue weighted by Crippen LogP contribution is -2.60. The summed E-state index contributed by atoms with van der Waals surface area (Å²) in [5.41, 5.74) is 44.4. The summed E-state index contributed by atoms with van der Waals surface area (Å²) < 4.78 is 0. The number of aliphatic carboxylic acids is 1. The van der Waals surface area contributed by atoms with Crippen LogP contribution in [0.3, 0.4) is 0 Å². The number of primary amides is 1. The van der Waals surface area contributed by atoms with Crippen molar-refractivity contribution in [2.24, 2.45) is 55.9 Å². The van der Waals surface area contributed by atoms with Crippen LogP contribution in [0.4, 0.5) is 0 Å². The van der Waals surface area contributed by atoms with Crippen LogP contribution in [0, 0.1) is 0 Å². The van der Waals surface area contributed by atoms with Gasteiger partial charge in [-0.3, -0.25) is 53.1 Å². The molecule has 31 heteroatoms. The summed E-state index contributed by atoms with van der Waals surface area (Å²) in [6.45, 7) is 2.95. The van der Waals surface area contributed by atoms with Crippen LogP contribution in [0.15, 0.2) is 9.98 Å². The number of thioether (sulfide) groups is 1. The van der Waals surface area contributed by atoms with Gasteiger partial charge in [0.2, 0.25) is 53.2 Å². The number of carbonyl (C=O) groups is 10. The second-order valence-corrected chi connectivity index (χ2v) is 20.2.